The Morgan fingerprint density at radius 1 is 0.800 bits per heavy atom. The number of thioether (sulfide) groups is 1. The number of nitrogens with zero attached hydrogens (tertiary/aromatic N) is 3. The quantitative estimate of drug-likeness (QED) is 0.223. The summed E-state index contributed by atoms with van der Waals surface area (Å²) in [6.45, 7) is -0.533. The van der Waals surface area contributed by atoms with Gasteiger partial charge in [-0.05, 0) is 24.3 Å². The predicted octanol–water partition coefficient (Wildman–Crippen LogP) is 3.03. The maximum absolute atomic E-state index is 12.2. The topological polar surface area (TPSA) is 115 Å². The van der Waals surface area contributed by atoms with Crippen molar-refractivity contribution in [3.63, 3.8) is 0 Å². The lowest BCUT2D eigenvalue weighted by Gasteiger charge is -2.10. The first-order chi connectivity index (χ1) is 17.1. The normalized spacial score (nSPS) is 10.4. The van der Waals surface area contributed by atoms with Gasteiger partial charge in [-0.15, -0.1) is 10.2 Å². The number of nitrogens with one attached hydrogen (secondary N) is 2. The predicted molar refractivity (Wildman–Crippen MR) is 131 cm³/mol. The van der Waals surface area contributed by atoms with Gasteiger partial charge in [-0.2, -0.15) is 0 Å². The molecule has 9 nitrogen and oxygen atoms in total. The summed E-state index contributed by atoms with van der Waals surface area (Å²) in [7, 11) is 0. The average Bonchev–Trinajstić information content (AvgIpc) is 3.35. The van der Waals surface area contributed by atoms with Crippen molar-refractivity contribution < 1.29 is 19.1 Å². The van der Waals surface area contributed by atoms with Crippen LogP contribution in [0.15, 0.2) is 96.2 Å². The number of hydrogen-bond acceptors (Lipinski definition) is 7. The van der Waals surface area contributed by atoms with Crippen LogP contribution in [0.4, 0.5) is 0 Å². The van der Waals surface area contributed by atoms with E-state index in [0.29, 0.717) is 16.5 Å². The van der Waals surface area contributed by atoms with Gasteiger partial charge in [0.1, 0.15) is 0 Å². The van der Waals surface area contributed by atoms with E-state index in [4.69, 9.17) is 4.74 Å². The van der Waals surface area contributed by atoms with Gasteiger partial charge >= 0.3 is 5.97 Å². The molecule has 0 saturated heterocycles. The summed E-state index contributed by atoms with van der Waals surface area (Å²) in [6, 6.07) is 27.6. The van der Waals surface area contributed by atoms with Crippen molar-refractivity contribution in [2.75, 3.05) is 12.4 Å². The number of carbonyl (C=O) groups excluding carboxylic acids is 3. The zero-order valence-corrected chi connectivity index (χ0v) is 19.3. The lowest BCUT2D eigenvalue weighted by atomic mass is 10.2. The van der Waals surface area contributed by atoms with Gasteiger partial charge < -0.3 is 4.74 Å². The second-order valence-electron chi connectivity index (χ2n) is 7.16. The Bertz CT molecular complexity index is 1300. The molecule has 0 unspecified atom stereocenters. The highest BCUT2D eigenvalue weighted by Gasteiger charge is 2.18. The van der Waals surface area contributed by atoms with Crippen molar-refractivity contribution in [1.29, 1.82) is 0 Å². The molecule has 35 heavy (non-hydrogen) atoms. The molecule has 4 rings (SSSR count). The molecule has 0 aliphatic carbocycles. The van der Waals surface area contributed by atoms with Crippen molar-refractivity contribution >= 4 is 29.5 Å². The first kappa shape index (κ1) is 23.7. The zero-order valence-electron chi connectivity index (χ0n) is 18.5. The standard InChI is InChI=1S/C25H21N5O4S/c31-21(26-28-24(33)19-12-6-2-7-13-19)16-34-22(32)17-35-25-29-27-23(18-10-4-1-5-11-18)30(25)20-14-8-3-9-15-20/h1-15H,16-17H2,(H,26,31)(H,28,33). The minimum absolute atomic E-state index is 0.0799. The molecule has 3 aromatic carbocycles. The van der Waals surface area contributed by atoms with Crippen molar-refractivity contribution in [2.24, 2.45) is 0 Å². The number of benzene rings is 3. The highest BCUT2D eigenvalue weighted by Crippen LogP contribution is 2.27. The molecule has 0 spiro atoms. The summed E-state index contributed by atoms with van der Waals surface area (Å²) in [6.07, 6.45) is 0. The molecule has 0 fully saturated rings. The second kappa shape index (κ2) is 11.6. The summed E-state index contributed by atoms with van der Waals surface area (Å²) < 4.78 is 6.88. The van der Waals surface area contributed by atoms with Gasteiger partial charge in [-0.1, -0.05) is 78.5 Å². The molecule has 1 aromatic heterocycles. The summed E-state index contributed by atoms with van der Waals surface area (Å²) in [5.74, 6) is -1.19. The van der Waals surface area contributed by atoms with Crippen molar-refractivity contribution in [3.05, 3.63) is 96.6 Å². The van der Waals surface area contributed by atoms with E-state index in [9.17, 15) is 14.4 Å². The molecule has 10 heteroatoms. The fourth-order valence-corrected chi connectivity index (χ4v) is 3.83. The van der Waals surface area contributed by atoms with Gasteiger partial charge in [0, 0.05) is 16.8 Å². The number of amides is 2. The Kier molecular flexibility index (Phi) is 7.87. The molecule has 2 amide bonds. The number of rotatable bonds is 8. The Balaban J connectivity index is 1.33. The van der Waals surface area contributed by atoms with Crippen molar-refractivity contribution in [2.45, 2.75) is 5.16 Å². The van der Waals surface area contributed by atoms with Crippen LogP contribution in [0.1, 0.15) is 10.4 Å². The van der Waals surface area contributed by atoms with Crippen LogP contribution in [0.2, 0.25) is 0 Å². The van der Waals surface area contributed by atoms with Crippen LogP contribution in [0.25, 0.3) is 17.1 Å². The molecular weight excluding hydrogens is 466 g/mol. The van der Waals surface area contributed by atoms with Crippen LogP contribution in [0.5, 0.6) is 0 Å². The van der Waals surface area contributed by atoms with Gasteiger partial charge in [0.15, 0.2) is 17.6 Å². The summed E-state index contributed by atoms with van der Waals surface area (Å²) in [5.41, 5.74) is 6.60. The SMILES string of the molecule is O=C(COC(=O)CSc1nnc(-c2ccccc2)n1-c1ccccc1)NNC(=O)c1ccccc1. The molecule has 0 saturated carbocycles. The fraction of sp³-hybridized carbons (Fsp3) is 0.0800. The molecule has 0 radical (unpaired) electrons. The fourth-order valence-electron chi connectivity index (χ4n) is 3.08. The third kappa shape index (κ3) is 6.33. The molecule has 0 aliphatic heterocycles. The van der Waals surface area contributed by atoms with Crippen molar-refractivity contribution in [1.82, 2.24) is 25.6 Å². The monoisotopic (exact) mass is 487 g/mol. The van der Waals surface area contributed by atoms with Gasteiger partial charge in [-0.25, -0.2) is 0 Å². The molecule has 176 valence electrons. The summed E-state index contributed by atoms with van der Waals surface area (Å²) in [4.78, 5) is 36.1. The Labute approximate surface area is 205 Å². The molecular formula is C25H21N5O4S. The van der Waals surface area contributed by atoms with Crippen LogP contribution in [-0.4, -0.2) is 44.9 Å². The highest BCUT2D eigenvalue weighted by atomic mass is 32.2. The van der Waals surface area contributed by atoms with E-state index in [2.05, 4.69) is 21.0 Å². The first-order valence-corrected chi connectivity index (χ1v) is 11.6. The molecule has 0 aliphatic rings. The minimum Gasteiger partial charge on any atom is -0.455 e. The first-order valence-electron chi connectivity index (χ1n) is 10.6. The van der Waals surface area contributed by atoms with Crippen molar-refractivity contribution in [3.8, 4) is 17.1 Å². The molecule has 4 aromatic rings. The number of para-hydroxylation sites is 1. The summed E-state index contributed by atoms with van der Waals surface area (Å²) >= 11 is 1.15. The molecule has 0 atom stereocenters. The Morgan fingerprint density at radius 2 is 1.43 bits per heavy atom. The van der Waals surface area contributed by atoms with E-state index in [1.54, 1.807) is 30.3 Å². The third-order valence-corrected chi connectivity index (χ3v) is 5.62. The second-order valence-corrected chi connectivity index (χ2v) is 8.10. The number of carbonyl (C=O) groups is 3. The number of esters is 1. The minimum atomic E-state index is -0.661. The number of ether oxygens (including phenoxy) is 1. The van der Waals surface area contributed by atoms with E-state index >= 15 is 0 Å². The average molecular weight is 488 g/mol. The van der Waals surface area contributed by atoms with E-state index in [1.807, 2.05) is 65.2 Å². The van der Waals surface area contributed by atoms with Gasteiger partial charge in [-0.3, -0.25) is 29.8 Å². The molecule has 0 bridgehead atoms. The maximum Gasteiger partial charge on any atom is 0.316 e. The van der Waals surface area contributed by atoms with E-state index < -0.39 is 24.4 Å². The van der Waals surface area contributed by atoms with E-state index in [0.717, 1.165) is 23.0 Å². The van der Waals surface area contributed by atoms with Crippen LogP contribution in [-0.2, 0) is 14.3 Å². The Morgan fingerprint density at radius 3 is 2.11 bits per heavy atom. The number of hydrogen-bond donors (Lipinski definition) is 2. The van der Waals surface area contributed by atoms with Crippen LogP contribution < -0.4 is 10.9 Å². The number of hydrazine groups is 1. The lowest BCUT2D eigenvalue weighted by molar-refractivity contribution is -0.146. The van der Waals surface area contributed by atoms with E-state index in [1.165, 1.54) is 0 Å². The smallest absolute Gasteiger partial charge is 0.316 e. The number of aromatic nitrogens is 3. The maximum atomic E-state index is 12.2. The van der Waals surface area contributed by atoms with Crippen LogP contribution >= 0.6 is 11.8 Å². The van der Waals surface area contributed by atoms with Crippen LogP contribution in [0.3, 0.4) is 0 Å². The molecule has 2 N–H and O–H groups in total. The molecule has 1 heterocycles. The highest BCUT2D eigenvalue weighted by molar-refractivity contribution is 7.99. The Hall–Kier alpha value is -4.44. The van der Waals surface area contributed by atoms with E-state index in [-0.39, 0.29) is 5.75 Å². The summed E-state index contributed by atoms with van der Waals surface area (Å²) in [5, 5.41) is 9.08. The van der Waals surface area contributed by atoms with Gasteiger partial charge in [0.05, 0.1) is 5.75 Å². The van der Waals surface area contributed by atoms with Crippen LogP contribution in [0, 0.1) is 0 Å². The van der Waals surface area contributed by atoms with Gasteiger partial charge in [0.25, 0.3) is 11.8 Å². The third-order valence-electron chi connectivity index (χ3n) is 4.71. The zero-order chi connectivity index (χ0) is 24.5. The van der Waals surface area contributed by atoms with Gasteiger partial charge in [0.2, 0.25) is 0 Å². The largest absolute Gasteiger partial charge is 0.455 e. The lowest BCUT2D eigenvalue weighted by Crippen LogP contribution is -2.43.